The summed E-state index contributed by atoms with van der Waals surface area (Å²) in [5, 5.41) is 8.45. The number of carbonyl (C=O) groups is 1. The minimum absolute atomic E-state index is 0.231. The molecule has 0 radical (unpaired) electrons. The van der Waals surface area contributed by atoms with Crippen molar-refractivity contribution in [2.75, 3.05) is 5.32 Å². The molecule has 0 aliphatic rings. The lowest BCUT2D eigenvalue weighted by Crippen LogP contribution is -2.13. The molecule has 0 atom stereocenters. The Morgan fingerprint density at radius 2 is 1.69 bits per heavy atom. The van der Waals surface area contributed by atoms with Crippen molar-refractivity contribution in [1.82, 2.24) is 9.78 Å². The van der Waals surface area contributed by atoms with E-state index >= 15 is 0 Å². The Kier molecular flexibility index (Phi) is 7.15. The van der Waals surface area contributed by atoms with E-state index in [4.69, 9.17) is 27.9 Å². The Morgan fingerprint density at radius 1 is 0.969 bits per heavy atom. The second-order valence-electron chi connectivity index (χ2n) is 7.04. The van der Waals surface area contributed by atoms with Gasteiger partial charge in [0.15, 0.2) is 5.82 Å². The molecule has 162 valence electrons. The summed E-state index contributed by atoms with van der Waals surface area (Å²) in [5.41, 5.74) is 2.52. The lowest BCUT2D eigenvalue weighted by molar-refractivity contribution is 0.102. The van der Waals surface area contributed by atoms with Crippen LogP contribution in [0.3, 0.4) is 0 Å². The monoisotopic (exact) mass is 529 g/mol. The molecular formula is C24H18BrCl2N3O2. The Morgan fingerprint density at radius 3 is 2.41 bits per heavy atom. The smallest absolute Gasteiger partial charge is 0.256 e. The summed E-state index contributed by atoms with van der Waals surface area (Å²) in [5.74, 6) is 0.859. The molecule has 0 fully saturated rings. The molecule has 1 N–H and O–H groups in total. The highest BCUT2D eigenvalue weighted by molar-refractivity contribution is 9.10. The lowest BCUT2D eigenvalue weighted by atomic mass is 10.1. The van der Waals surface area contributed by atoms with Gasteiger partial charge in [-0.2, -0.15) is 5.10 Å². The van der Waals surface area contributed by atoms with Crippen LogP contribution in [0.1, 0.15) is 21.5 Å². The van der Waals surface area contributed by atoms with Crippen molar-refractivity contribution >= 4 is 50.9 Å². The maximum Gasteiger partial charge on any atom is 0.256 e. The van der Waals surface area contributed by atoms with Gasteiger partial charge in [-0.25, -0.2) is 0 Å². The summed E-state index contributed by atoms with van der Waals surface area (Å²) >= 11 is 15.5. The third-order valence-electron chi connectivity index (χ3n) is 4.64. The van der Waals surface area contributed by atoms with Gasteiger partial charge >= 0.3 is 0 Å². The highest BCUT2D eigenvalue weighted by atomic mass is 79.9. The Balaban J connectivity index is 1.32. The van der Waals surface area contributed by atoms with E-state index in [1.54, 1.807) is 35.0 Å². The van der Waals surface area contributed by atoms with Crippen molar-refractivity contribution in [3.8, 4) is 5.75 Å². The first-order valence-electron chi connectivity index (χ1n) is 9.72. The van der Waals surface area contributed by atoms with Gasteiger partial charge in [-0.3, -0.25) is 9.48 Å². The first-order valence-corrected chi connectivity index (χ1v) is 11.3. The number of amides is 1. The summed E-state index contributed by atoms with van der Waals surface area (Å²) in [6.07, 6.45) is 1.82. The molecule has 4 rings (SSSR count). The van der Waals surface area contributed by atoms with Crippen LogP contribution in [0.5, 0.6) is 5.75 Å². The molecule has 5 nitrogen and oxygen atoms in total. The van der Waals surface area contributed by atoms with Crippen LogP contribution in [0, 0.1) is 0 Å². The maximum atomic E-state index is 12.6. The van der Waals surface area contributed by atoms with Crippen LogP contribution in [-0.4, -0.2) is 15.7 Å². The molecule has 0 saturated heterocycles. The predicted molar refractivity (Wildman–Crippen MR) is 131 cm³/mol. The maximum absolute atomic E-state index is 12.6. The minimum Gasteiger partial charge on any atom is -0.487 e. The van der Waals surface area contributed by atoms with Crippen LogP contribution >= 0.6 is 39.1 Å². The highest BCUT2D eigenvalue weighted by Gasteiger charge is 2.09. The molecule has 0 unspecified atom stereocenters. The van der Waals surface area contributed by atoms with E-state index in [1.807, 2.05) is 48.7 Å². The van der Waals surface area contributed by atoms with Crippen molar-refractivity contribution in [2.24, 2.45) is 0 Å². The molecular weight excluding hydrogens is 513 g/mol. The molecule has 1 amide bonds. The van der Waals surface area contributed by atoms with Gasteiger partial charge < -0.3 is 10.1 Å². The van der Waals surface area contributed by atoms with E-state index < -0.39 is 0 Å². The van der Waals surface area contributed by atoms with Crippen LogP contribution in [-0.2, 0) is 13.2 Å². The number of anilines is 1. The summed E-state index contributed by atoms with van der Waals surface area (Å²) in [7, 11) is 0. The zero-order valence-electron chi connectivity index (χ0n) is 16.8. The second kappa shape index (κ2) is 10.2. The number of carbonyl (C=O) groups excluding carboxylic acids is 1. The van der Waals surface area contributed by atoms with Gasteiger partial charge in [-0.05, 0) is 53.6 Å². The van der Waals surface area contributed by atoms with Crippen LogP contribution in [0.15, 0.2) is 83.5 Å². The van der Waals surface area contributed by atoms with Crippen molar-refractivity contribution in [1.29, 1.82) is 0 Å². The molecule has 0 spiro atoms. The van der Waals surface area contributed by atoms with Gasteiger partial charge in [-0.15, -0.1) is 0 Å². The number of halogens is 3. The highest BCUT2D eigenvalue weighted by Crippen LogP contribution is 2.28. The van der Waals surface area contributed by atoms with Gasteiger partial charge in [0, 0.05) is 27.3 Å². The molecule has 32 heavy (non-hydrogen) atoms. The standard InChI is InChI=1S/C24H18BrCl2N3O2/c25-19-7-10-22(21(27)13-19)32-15-17-1-5-18(6-2-17)24(31)28-23-11-12-30(29-23)14-16-3-8-20(26)9-4-16/h1-13H,14-15H2,(H,28,29,31). The Hall–Kier alpha value is -2.80. The number of nitrogens with zero attached hydrogens (tertiary/aromatic N) is 2. The fourth-order valence-corrected chi connectivity index (χ4v) is 3.84. The number of ether oxygens (including phenoxy) is 1. The Labute approximate surface area is 204 Å². The van der Waals surface area contributed by atoms with Crippen molar-refractivity contribution in [3.05, 3.63) is 110 Å². The fourth-order valence-electron chi connectivity index (χ4n) is 2.99. The molecule has 0 saturated carbocycles. The summed E-state index contributed by atoms with van der Waals surface area (Å²) < 4.78 is 8.40. The molecule has 0 aliphatic carbocycles. The number of aromatic nitrogens is 2. The first kappa shape index (κ1) is 22.4. The average molecular weight is 531 g/mol. The summed E-state index contributed by atoms with van der Waals surface area (Å²) in [4.78, 5) is 12.6. The van der Waals surface area contributed by atoms with E-state index in [0.717, 1.165) is 15.6 Å². The molecule has 3 aromatic carbocycles. The number of hydrogen-bond donors (Lipinski definition) is 1. The molecule has 0 aliphatic heterocycles. The van der Waals surface area contributed by atoms with Crippen LogP contribution in [0.4, 0.5) is 5.82 Å². The number of rotatable bonds is 7. The molecule has 8 heteroatoms. The van der Waals surface area contributed by atoms with Crippen LogP contribution < -0.4 is 10.1 Å². The van der Waals surface area contributed by atoms with E-state index in [-0.39, 0.29) is 5.91 Å². The predicted octanol–water partition coefficient (Wildman–Crippen LogP) is 6.83. The van der Waals surface area contributed by atoms with E-state index in [0.29, 0.717) is 40.3 Å². The third kappa shape index (κ3) is 5.91. The lowest BCUT2D eigenvalue weighted by Gasteiger charge is -2.09. The topological polar surface area (TPSA) is 56.2 Å². The molecule has 4 aromatic rings. The first-order chi connectivity index (χ1) is 15.5. The number of nitrogens with one attached hydrogen (secondary N) is 1. The second-order valence-corrected chi connectivity index (χ2v) is 8.80. The number of hydrogen-bond acceptors (Lipinski definition) is 3. The van der Waals surface area contributed by atoms with Gasteiger partial charge in [0.1, 0.15) is 12.4 Å². The van der Waals surface area contributed by atoms with Gasteiger partial charge in [0.05, 0.1) is 11.6 Å². The SMILES string of the molecule is O=C(Nc1ccn(Cc2ccc(Cl)cc2)n1)c1ccc(COc2ccc(Br)cc2Cl)cc1. The van der Waals surface area contributed by atoms with E-state index in [2.05, 4.69) is 26.3 Å². The van der Waals surface area contributed by atoms with Crippen LogP contribution in [0.2, 0.25) is 10.0 Å². The zero-order valence-corrected chi connectivity index (χ0v) is 19.9. The fraction of sp³-hybridized carbons (Fsp3) is 0.0833. The number of benzene rings is 3. The largest absolute Gasteiger partial charge is 0.487 e. The Bertz CT molecular complexity index is 1220. The van der Waals surface area contributed by atoms with Crippen molar-refractivity contribution in [3.63, 3.8) is 0 Å². The van der Waals surface area contributed by atoms with Gasteiger partial charge in [0.2, 0.25) is 0 Å². The molecule has 1 heterocycles. The third-order valence-corrected chi connectivity index (χ3v) is 5.69. The minimum atomic E-state index is -0.231. The van der Waals surface area contributed by atoms with Gasteiger partial charge in [-0.1, -0.05) is 63.4 Å². The quantitative estimate of drug-likeness (QED) is 0.285. The molecule has 0 bridgehead atoms. The average Bonchev–Trinajstić information content (AvgIpc) is 3.22. The van der Waals surface area contributed by atoms with E-state index in [1.165, 1.54) is 0 Å². The van der Waals surface area contributed by atoms with Crippen LogP contribution in [0.25, 0.3) is 0 Å². The normalized spacial score (nSPS) is 10.7. The summed E-state index contributed by atoms with van der Waals surface area (Å²) in [6.45, 7) is 0.933. The molecule has 1 aromatic heterocycles. The zero-order chi connectivity index (χ0) is 22.5. The van der Waals surface area contributed by atoms with E-state index in [9.17, 15) is 4.79 Å². The van der Waals surface area contributed by atoms with Crippen molar-refractivity contribution in [2.45, 2.75) is 13.2 Å². The van der Waals surface area contributed by atoms with Gasteiger partial charge in [0.25, 0.3) is 5.91 Å². The van der Waals surface area contributed by atoms with Crippen molar-refractivity contribution < 1.29 is 9.53 Å². The summed E-state index contributed by atoms with van der Waals surface area (Å²) in [6, 6.07) is 22.0.